The van der Waals surface area contributed by atoms with Crippen LogP contribution in [0.1, 0.15) is 25.0 Å². The van der Waals surface area contributed by atoms with Crippen LogP contribution in [0.4, 0.5) is 5.69 Å². The van der Waals surface area contributed by atoms with E-state index in [9.17, 15) is 18.0 Å². The molecular weight excluding hydrogens is 578 g/mol. The smallest absolute Gasteiger partial charge is 0.264 e. The summed E-state index contributed by atoms with van der Waals surface area (Å²) in [5.41, 5.74) is 1.86. The van der Waals surface area contributed by atoms with Gasteiger partial charge in [0.15, 0.2) is 0 Å². The Labute approximate surface area is 231 Å². The van der Waals surface area contributed by atoms with Crippen LogP contribution in [0, 0.1) is 6.92 Å². The van der Waals surface area contributed by atoms with Gasteiger partial charge in [0.05, 0.1) is 10.6 Å². The van der Waals surface area contributed by atoms with Gasteiger partial charge >= 0.3 is 0 Å². The lowest BCUT2D eigenvalue weighted by Gasteiger charge is -2.32. The van der Waals surface area contributed by atoms with Gasteiger partial charge < -0.3 is 10.2 Å². The molecule has 0 saturated carbocycles. The van der Waals surface area contributed by atoms with Crippen molar-refractivity contribution in [1.29, 1.82) is 0 Å². The zero-order valence-corrected chi connectivity index (χ0v) is 24.0. The number of amides is 2. The highest BCUT2D eigenvalue weighted by atomic mass is 79.9. The van der Waals surface area contributed by atoms with E-state index in [1.807, 2.05) is 24.3 Å². The second-order valence-corrected chi connectivity index (χ2v) is 11.7. The molecule has 0 saturated heterocycles. The Morgan fingerprint density at radius 2 is 1.62 bits per heavy atom. The fourth-order valence-electron chi connectivity index (χ4n) is 3.78. The maximum absolute atomic E-state index is 13.8. The second-order valence-electron chi connectivity index (χ2n) is 8.47. The Morgan fingerprint density at radius 3 is 2.22 bits per heavy atom. The molecule has 0 fully saturated rings. The number of nitrogens with one attached hydrogen (secondary N) is 1. The highest BCUT2D eigenvalue weighted by molar-refractivity contribution is 9.10. The first-order valence-corrected chi connectivity index (χ1v) is 14.3. The number of hydrogen-bond donors (Lipinski definition) is 1. The minimum Gasteiger partial charge on any atom is -0.355 e. The number of hydrogen-bond acceptors (Lipinski definition) is 4. The Bertz CT molecular complexity index is 1350. The number of anilines is 1. The zero-order chi connectivity index (χ0) is 27.2. The van der Waals surface area contributed by atoms with Crippen molar-refractivity contribution in [3.63, 3.8) is 0 Å². The summed E-state index contributed by atoms with van der Waals surface area (Å²) in [6.45, 7) is 5.26. The first kappa shape index (κ1) is 28.7. The van der Waals surface area contributed by atoms with Gasteiger partial charge in [-0.25, -0.2) is 8.42 Å². The molecule has 1 atom stereocenters. The van der Waals surface area contributed by atoms with Crippen molar-refractivity contribution in [1.82, 2.24) is 10.2 Å². The van der Waals surface area contributed by atoms with Crippen molar-refractivity contribution in [3.8, 4) is 0 Å². The molecule has 0 heterocycles. The monoisotopic (exact) mass is 605 g/mol. The molecule has 0 aliphatic heterocycles. The van der Waals surface area contributed by atoms with Gasteiger partial charge in [-0.15, -0.1) is 0 Å². The lowest BCUT2D eigenvalue weighted by molar-refractivity contribution is -0.139. The zero-order valence-electron chi connectivity index (χ0n) is 20.8. The number of benzene rings is 3. The van der Waals surface area contributed by atoms with E-state index in [0.717, 1.165) is 14.3 Å². The van der Waals surface area contributed by atoms with Gasteiger partial charge in [0.25, 0.3) is 10.0 Å². The normalized spacial score (nSPS) is 12.0. The van der Waals surface area contributed by atoms with Crippen molar-refractivity contribution in [2.24, 2.45) is 0 Å². The van der Waals surface area contributed by atoms with Gasteiger partial charge in [0.1, 0.15) is 12.6 Å². The van der Waals surface area contributed by atoms with Crippen molar-refractivity contribution < 1.29 is 18.0 Å². The van der Waals surface area contributed by atoms with Crippen LogP contribution in [0.2, 0.25) is 5.02 Å². The van der Waals surface area contributed by atoms with Crippen LogP contribution >= 0.6 is 27.5 Å². The standard InChI is InChI=1S/C27H29BrClN3O4S/c1-4-30-27(34)20(3)31(17-21-9-11-22(28)12-10-21)26(33)18-32(25-8-6-5-7-19(25)2)37(35,36)24-15-13-23(29)14-16-24/h5-16,20H,4,17-18H2,1-3H3,(H,30,34). The van der Waals surface area contributed by atoms with Crippen molar-refractivity contribution >= 4 is 55.1 Å². The summed E-state index contributed by atoms with van der Waals surface area (Å²) in [7, 11) is -4.14. The number of rotatable bonds is 10. The number of para-hydroxylation sites is 1. The molecule has 3 aromatic carbocycles. The van der Waals surface area contributed by atoms with Crippen LogP contribution in [-0.4, -0.2) is 44.3 Å². The highest BCUT2D eigenvalue weighted by Gasteiger charge is 2.33. The number of sulfonamides is 1. The average molecular weight is 607 g/mol. The summed E-state index contributed by atoms with van der Waals surface area (Å²) in [6.07, 6.45) is 0. The van der Waals surface area contributed by atoms with E-state index in [1.165, 1.54) is 29.2 Å². The van der Waals surface area contributed by atoms with Crippen molar-refractivity contribution in [3.05, 3.63) is 93.4 Å². The Kier molecular flexibility index (Phi) is 9.75. The van der Waals surface area contributed by atoms with Crippen LogP contribution in [0.5, 0.6) is 0 Å². The maximum atomic E-state index is 13.8. The first-order valence-electron chi connectivity index (χ1n) is 11.7. The molecule has 7 nitrogen and oxygen atoms in total. The van der Waals surface area contributed by atoms with Gasteiger partial charge in [0.2, 0.25) is 11.8 Å². The fourth-order valence-corrected chi connectivity index (χ4v) is 5.65. The molecule has 0 bridgehead atoms. The van der Waals surface area contributed by atoms with Crippen LogP contribution in [0.3, 0.4) is 0 Å². The Balaban J connectivity index is 2.03. The quantitative estimate of drug-likeness (QED) is 0.346. The van der Waals surface area contributed by atoms with Gasteiger partial charge in [0, 0.05) is 22.6 Å². The van der Waals surface area contributed by atoms with E-state index in [1.54, 1.807) is 45.0 Å². The average Bonchev–Trinajstić information content (AvgIpc) is 2.87. The predicted octanol–water partition coefficient (Wildman–Crippen LogP) is 5.16. The van der Waals surface area contributed by atoms with Crippen molar-refractivity contribution in [2.75, 3.05) is 17.4 Å². The summed E-state index contributed by atoms with van der Waals surface area (Å²) in [5, 5.41) is 3.14. The minimum absolute atomic E-state index is 0.00388. The Hall–Kier alpha value is -2.88. The van der Waals surface area contributed by atoms with Gasteiger partial charge in [-0.2, -0.15) is 0 Å². The third kappa shape index (κ3) is 7.12. The molecule has 0 aromatic heterocycles. The number of nitrogens with zero attached hydrogens (tertiary/aromatic N) is 2. The molecule has 10 heteroatoms. The van der Waals surface area contributed by atoms with Gasteiger partial charge in [-0.05, 0) is 74.4 Å². The number of halogens is 2. The van der Waals surface area contributed by atoms with E-state index >= 15 is 0 Å². The first-order chi connectivity index (χ1) is 17.5. The molecule has 3 rings (SSSR count). The van der Waals surface area contributed by atoms with E-state index in [-0.39, 0.29) is 17.3 Å². The summed E-state index contributed by atoms with van der Waals surface area (Å²) >= 11 is 9.38. The van der Waals surface area contributed by atoms with Crippen LogP contribution in [-0.2, 0) is 26.2 Å². The Morgan fingerprint density at radius 1 is 1.00 bits per heavy atom. The van der Waals surface area contributed by atoms with Crippen molar-refractivity contribution in [2.45, 2.75) is 38.3 Å². The third-order valence-electron chi connectivity index (χ3n) is 5.85. The number of carbonyl (C=O) groups excluding carboxylic acids is 2. The fraction of sp³-hybridized carbons (Fsp3) is 0.259. The maximum Gasteiger partial charge on any atom is 0.264 e. The summed E-state index contributed by atoms with van der Waals surface area (Å²) < 4.78 is 29.5. The molecule has 3 aromatic rings. The highest BCUT2D eigenvalue weighted by Crippen LogP contribution is 2.28. The van der Waals surface area contributed by atoms with Gasteiger partial charge in [-0.1, -0.05) is 57.9 Å². The lowest BCUT2D eigenvalue weighted by atomic mass is 10.1. The van der Waals surface area contributed by atoms with Crippen LogP contribution < -0.4 is 9.62 Å². The van der Waals surface area contributed by atoms with Crippen LogP contribution in [0.15, 0.2) is 82.2 Å². The third-order valence-corrected chi connectivity index (χ3v) is 8.40. The van der Waals surface area contributed by atoms with E-state index in [2.05, 4.69) is 21.2 Å². The van der Waals surface area contributed by atoms with E-state index in [0.29, 0.717) is 22.8 Å². The molecule has 37 heavy (non-hydrogen) atoms. The van der Waals surface area contributed by atoms with E-state index < -0.39 is 28.5 Å². The topological polar surface area (TPSA) is 86.8 Å². The largest absolute Gasteiger partial charge is 0.355 e. The molecule has 0 spiro atoms. The molecule has 2 amide bonds. The number of carbonyl (C=O) groups is 2. The van der Waals surface area contributed by atoms with Gasteiger partial charge in [-0.3, -0.25) is 13.9 Å². The van der Waals surface area contributed by atoms with E-state index in [4.69, 9.17) is 11.6 Å². The molecule has 1 unspecified atom stereocenters. The number of aryl methyl sites for hydroxylation is 1. The number of likely N-dealkylation sites (N-methyl/N-ethyl adjacent to an activating group) is 1. The summed E-state index contributed by atoms with van der Waals surface area (Å²) in [4.78, 5) is 27.9. The molecular formula is C27H29BrClN3O4S. The molecule has 0 aliphatic carbocycles. The summed E-state index contributed by atoms with van der Waals surface area (Å²) in [6, 6.07) is 19.3. The molecule has 0 radical (unpaired) electrons. The predicted molar refractivity (Wildman–Crippen MR) is 150 cm³/mol. The molecule has 0 aliphatic rings. The molecule has 196 valence electrons. The summed E-state index contributed by atoms with van der Waals surface area (Å²) in [5.74, 6) is -0.835. The second kappa shape index (κ2) is 12.6. The SMILES string of the molecule is CCNC(=O)C(C)N(Cc1ccc(Br)cc1)C(=O)CN(c1ccccc1C)S(=O)(=O)c1ccc(Cl)cc1. The lowest BCUT2D eigenvalue weighted by Crippen LogP contribution is -2.51. The van der Waals surface area contributed by atoms with Crippen LogP contribution in [0.25, 0.3) is 0 Å². The minimum atomic E-state index is -4.14. The molecule has 1 N–H and O–H groups in total.